The van der Waals surface area contributed by atoms with Crippen molar-refractivity contribution in [3.8, 4) is 5.75 Å². The van der Waals surface area contributed by atoms with Gasteiger partial charge in [-0.2, -0.15) is 0 Å². The van der Waals surface area contributed by atoms with Crippen molar-refractivity contribution in [2.45, 2.75) is 45.2 Å². The van der Waals surface area contributed by atoms with Crippen LogP contribution in [0.2, 0.25) is 0 Å². The van der Waals surface area contributed by atoms with Gasteiger partial charge in [-0.05, 0) is 24.8 Å². The molecule has 0 amide bonds. The predicted molar refractivity (Wildman–Crippen MR) is 82.1 cm³/mol. The second-order valence-electron chi connectivity index (χ2n) is 5.80. The van der Waals surface area contributed by atoms with Gasteiger partial charge in [0.1, 0.15) is 12.4 Å². The fraction of sp³-hybridized carbons (Fsp3) is 0.647. The molecule has 2 unspecified atom stereocenters. The molecule has 0 radical (unpaired) electrons. The van der Waals surface area contributed by atoms with Crippen LogP contribution in [0, 0.1) is 5.92 Å². The molecule has 1 saturated carbocycles. The standard InChI is InChI=1S/C17H27NO2/c1-14-6-5-8-16(12-14)18-13-15-7-3-4-9-17(15)20-11-10-19-2/h3-4,7,9,14,16,18H,5-6,8,10-13H2,1-2H3. The maximum Gasteiger partial charge on any atom is 0.123 e. The Labute approximate surface area is 122 Å². The zero-order valence-corrected chi connectivity index (χ0v) is 12.7. The lowest BCUT2D eigenvalue weighted by Gasteiger charge is -2.27. The molecule has 1 aliphatic carbocycles. The Morgan fingerprint density at radius 3 is 2.85 bits per heavy atom. The van der Waals surface area contributed by atoms with Gasteiger partial charge in [-0.15, -0.1) is 0 Å². The highest BCUT2D eigenvalue weighted by Crippen LogP contribution is 2.24. The average molecular weight is 277 g/mol. The topological polar surface area (TPSA) is 30.5 Å². The summed E-state index contributed by atoms with van der Waals surface area (Å²) < 4.78 is 10.8. The predicted octanol–water partition coefficient (Wildman–Crippen LogP) is 3.38. The number of benzene rings is 1. The Bertz CT molecular complexity index is 394. The highest BCUT2D eigenvalue weighted by molar-refractivity contribution is 5.33. The highest BCUT2D eigenvalue weighted by atomic mass is 16.5. The Morgan fingerprint density at radius 2 is 2.05 bits per heavy atom. The van der Waals surface area contributed by atoms with Crippen molar-refractivity contribution in [3.63, 3.8) is 0 Å². The summed E-state index contributed by atoms with van der Waals surface area (Å²) in [6.45, 7) is 4.48. The first kappa shape index (κ1) is 15.3. The summed E-state index contributed by atoms with van der Waals surface area (Å²) in [6.07, 6.45) is 5.34. The quantitative estimate of drug-likeness (QED) is 0.775. The van der Waals surface area contributed by atoms with Crippen molar-refractivity contribution in [3.05, 3.63) is 29.8 Å². The molecular weight excluding hydrogens is 250 g/mol. The van der Waals surface area contributed by atoms with Crippen molar-refractivity contribution in [2.24, 2.45) is 5.92 Å². The number of ether oxygens (including phenoxy) is 2. The molecule has 0 aliphatic heterocycles. The van der Waals surface area contributed by atoms with Crippen molar-refractivity contribution >= 4 is 0 Å². The Morgan fingerprint density at radius 1 is 1.20 bits per heavy atom. The van der Waals surface area contributed by atoms with Crippen LogP contribution in [0.25, 0.3) is 0 Å². The zero-order chi connectivity index (χ0) is 14.2. The average Bonchev–Trinajstić information content (AvgIpc) is 2.47. The molecular formula is C17H27NO2. The van der Waals surface area contributed by atoms with Gasteiger partial charge in [-0.3, -0.25) is 0 Å². The monoisotopic (exact) mass is 277 g/mol. The summed E-state index contributed by atoms with van der Waals surface area (Å²) in [4.78, 5) is 0. The summed E-state index contributed by atoms with van der Waals surface area (Å²) in [5.74, 6) is 1.83. The minimum Gasteiger partial charge on any atom is -0.491 e. The number of hydrogen-bond donors (Lipinski definition) is 1. The number of para-hydroxylation sites is 1. The SMILES string of the molecule is COCCOc1ccccc1CNC1CCCC(C)C1. The summed E-state index contributed by atoms with van der Waals surface area (Å²) in [5.41, 5.74) is 1.24. The van der Waals surface area contributed by atoms with Crippen molar-refractivity contribution in [1.29, 1.82) is 0 Å². The van der Waals surface area contributed by atoms with Crippen molar-refractivity contribution < 1.29 is 9.47 Å². The van der Waals surface area contributed by atoms with E-state index >= 15 is 0 Å². The van der Waals surface area contributed by atoms with Crippen molar-refractivity contribution in [2.75, 3.05) is 20.3 Å². The molecule has 0 spiro atoms. The van der Waals surface area contributed by atoms with E-state index in [0.717, 1.165) is 18.2 Å². The molecule has 112 valence electrons. The fourth-order valence-electron chi connectivity index (χ4n) is 2.90. The van der Waals surface area contributed by atoms with Crippen LogP contribution >= 0.6 is 0 Å². The second-order valence-corrected chi connectivity index (χ2v) is 5.80. The Kier molecular flexibility index (Phi) is 6.34. The molecule has 1 aliphatic rings. The Balaban J connectivity index is 1.85. The Hall–Kier alpha value is -1.06. The zero-order valence-electron chi connectivity index (χ0n) is 12.7. The molecule has 3 nitrogen and oxygen atoms in total. The number of methoxy groups -OCH3 is 1. The van der Waals surface area contributed by atoms with Gasteiger partial charge < -0.3 is 14.8 Å². The van der Waals surface area contributed by atoms with E-state index in [4.69, 9.17) is 9.47 Å². The van der Waals surface area contributed by atoms with Crippen LogP contribution in [0.5, 0.6) is 5.75 Å². The van der Waals surface area contributed by atoms with Gasteiger partial charge in [0.2, 0.25) is 0 Å². The van der Waals surface area contributed by atoms with Gasteiger partial charge in [0.05, 0.1) is 6.61 Å². The van der Waals surface area contributed by atoms with Crippen LogP contribution in [0.3, 0.4) is 0 Å². The van der Waals surface area contributed by atoms with E-state index in [1.807, 2.05) is 12.1 Å². The van der Waals surface area contributed by atoms with Crippen LogP contribution in [0.1, 0.15) is 38.2 Å². The van der Waals surface area contributed by atoms with Crippen molar-refractivity contribution in [1.82, 2.24) is 5.32 Å². The molecule has 1 aromatic rings. The summed E-state index contributed by atoms with van der Waals surface area (Å²) in [5, 5.41) is 3.69. The van der Waals surface area contributed by atoms with E-state index in [1.54, 1.807) is 7.11 Å². The van der Waals surface area contributed by atoms with Crippen LogP contribution in [0.4, 0.5) is 0 Å². The van der Waals surface area contributed by atoms with Gasteiger partial charge in [-0.1, -0.05) is 38.0 Å². The molecule has 2 rings (SSSR count). The molecule has 0 heterocycles. The lowest BCUT2D eigenvalue weighted by atomic mass is 9.87. The van der Waals surface area contributed by atoms with Gasteiger partial charge >= 0.3 is 0 Å². The van der Waals surface area contributed by atoms with E-state index in [1.165, 1.54) is 31.2 Å². The van der Waals surface area contributed by atoms with E-state index in [0.29, 0.717) is 19.3 Å². The van der Waals surface area contributed by atoms with Crippen LogP contribution < -0.4 is 10.1 Å². The molecule has 0 aromatic heterocycles. The number of hydrogen-bond acceptors (Lipinski definition) is 3. The number of nitrogens with one attached hydrogen (secondary N) is 1. The summed E-state index contributed by atoms with van der Waals surface area (Å²) >= 11 is 0. The molecule has 20 heavy (non-hydrogen) atoms. The minimum atomic E-state index is 0.605. The van der Waals surface area contributed by atoms with Gasteiger partial charge in [0.25, 0.3) is 0 Å². The minimum absolute atomic E-state index is 0.605. The van der Waals surface area contributed by atoms with Gasteiger partial charge in [0, 0.05) is 25.3 Å². The largest absolute Gasteiger partial charge is 0.491 e. The van der Waals surface area contributed by atoms with E-state index < -0.39 is 0 Å². The third-order valence-corrected chi connectivity index (χ3v) is 4.04. The van der Waals surface area contributed by atoms with Crippen LogP contribution in [-0.2, 0) is 11.3 Å². The molecule has 1 N–H and O–H groups in total. The summed E-state index contributed by atoms with van der Waals surface area (Å²) in [7, 11) is 1.70. The lowest BCUT2D eigenvalue weighted by molar-refractivity contribution is 0.145. The first-order valence-corrected chi connectivity index (χ1v) is 7.72. The third kappa shape index (κ3) is 4.80. The molecule has 1 fully saturated rings. The van der Waals surface area contributed by atoms with Gasteiger partial charge in [0.15, 0.2) is 0 Å². The smallest absolute Gasteiger partial charge is 0.123 e. The molecule has 1 aromatic carbocycles. The third-order valence-electron chi connectivity index (χ3n) is 4.04. The van der Waals surface area contributed by atoms with Gasteiger partial charge in [-0.25, -0.2) is 0 Å². The lowest BCUT2D eigenvalue weighted by Crippen LogP contribution is -2.33. The number of rotatable bonds is 7. The van der Waals surface area contributed by atoms with E-state index in [2.05, 4.69) is 24.4 Å². The second kappa shape index (κ2) is 8.28. The fourth-order valence-corrected chi connectivity index (χ4v) is 2.90. The highest BCUT2D eigenvalue weighted by Gasteiger charge is 2.18. The van der Waals surface area contributed by atoms with E-state index in [9.17, 15) is 0 Å². The maximum absolute atomic E-state index is 5.77. The van der Waals surface area contributed by atoms with Crippen LogP contribution in [0.15, 0.2) is 24.3 Å². The van der Waals surface area contributed by atoms with Crippen LogP contribution in [-0.4, -0.2) is 26.4 Å². The molecule has 0 bridgehead atoms. The molecule has 3 heteroatoms. The first-order valence-electron chi connectivity index (χ1n) is 7.72. The summed E-state index contributed by atoms with van der Waals surface area (Å²) in [6, 6.07) is 8.93. The molecule has 2 atom stereocenters. The normalized spacial score (nSPS) is 22.7. The first-order chi connectivity index (χ1) is 9.79. The molecule has 0 saturated heterocycles. The maximum atomic E-state index is 5.77. The van der Waals surface area contributed by atoms with E-state index in [-0.39, 0.29) is 0 Å².